The summed E-state index contributed by atoms with van der Waals surface area (Å²) in [4.78, 5) is 15.0. The van der Waals surface area contributed by atoms with Crippen LogP contribution in [-0.2, 0) is 16.6 Å². The normalized spacial score (nSPS) is 15.9. The third kappa shape index (κ3) is 5.85. The van der Waals surface area contributed by atoms with Gasteiger partial charge < -0.3 is 4.90 Å². The average molecular weight is 433 g/mol. The van der Waals surface area contributed by atoms with Gasteiger partial charge in [0.25, 0.3) is 5.69 Å². The fourth-order valence-electron chi connectivity index (χ4n) is 3.72. The summed E-state index contributed by atoms with van der Waals surface area (Å²) in [5.74, 6) is 0. The van der Waals surface area contributed by atoms with E-state index in [-0.39, 0.29) is 11.4 Å². The summed E-state index contributed by atoms with van der Waals surface area (Å²) in [6.45, 7) is 7.41. The number of nitro benzene ring substituents is 1. The van der Waals surface area contributed by atoms with Crippen molar-refractivity contribution in [2.75, 3.05) is 39.3 Å². The second kappa shape index (κ2) is 10.1. The molecule has 1 fully saturated rings. The van der Waals surface area contributed by atoms with Gasteiger partial charge in [-0.3, -0.25) is 15.0 Å². The molecule has 3 rings (SSSR count). The van der Waals surface area contributed by atoms with Crippen LogP contribution in [0.4, 0.5) is 5.69 Å². The van der Waals surface area contributed by atoms with Gasteiger partial charge in [0.1, 0.15) is 0 Å². The SMILES string of the molecule is Cc1cccc([N+](=O)[O-])c1S(=O)(=O)NCCCN1CCN(Cc2ccccc2)CC1. The zero-order valence-corrected chi connectivity index (χ0v) is 18.0. The lowest BCUT2D eigenvalue weighted by Crippen LogP contribution is -2.46. The highest BCUT2D eigenvalue weighted by Crippen LogP contribution is 2.26. The van der Waals surface area contributed by atoms with Gasteiger partial charge in [-0.25, -0.2) is 13.1 Å². The molecule has 0 aliphatic carbocycles. The van der Waals surface area contributed by atoms with E-state index >= 15 is 0 Å². The Morgan fingerprint density at radius 2 is 1.67 bits per heavy atom. The lowest BCUT2D eigenvalue weighted by atomic mass is 10.2. The lowest BCUT2D eigenvalue weighted by molar-refractivity contribution is -0.387. The van der Waals surface area contributed by atoms with Crippen molar-refractivity contribution >= 4 is 15.7 Å². The van der Waals surface area contributed by atoms with Gasteiger partial charge in [-0.05, 0) is 31.0 Å². The molecule has 0 unspecified atom stereocenters. The van der Waals surface area contributed by atoms with Gasteiger partial charge in [-0.2, -0.15) is 0 Å². The van der Waals surface area contributed by atoms with Crippen LogP contribution >= 0.6 is 0 Å². The Bertz CT molecular complexity index is 958. The van der Waals surface area contributed by atoms with Crippen LogP contribution in [0.1, 0.15) is 17.5 Å². The van der Waals surface area contributed by atoms with Gasteiger partial charge in [0.05, 0.1) is 4.92 Å². The molecule has 0 atom stereocenters. The molecule has 1 N–H and O–H groups in total. The first-order valence-corrected chi connectivity index (χ1v) is 11.6. The second-order valence-corrected chi connectivity index (χ2v) is 9.24. The third-order valence-corrected chi connectivity index (χ3v) is 6.97. The number of aryl methyl sites for hydroxylation is 1. The number of hydrogen-bond donors (Lipinski definition) is 1. The molecule has 1 saturated heterocycles. The zero-order valence-electron chi connectivity index (χ0n) is 17.2. The number of nitro groups is 1. The van der Waals surface area contributed by atoms with E-state index in [9.17, 15) is 18.5 Å². The Morgan fingerprint density at radius 3 is 2.33 bits per heavy atom. The minimum absolute atomic E-state index is 0.246. The highest BCUT2D eigenvalue weighted by molar-refractivity contribution is 7.89. The molecule has 1 heterocycles. The van der Waals surface area contributed by atoms with E-state index in [1.807, 2.05) is 6.07 Å². The number of benzene rings is 2. The van der Waals surface area contributed by atoms with Crippen molar-refractivity contribution in [2.45, 2.75) is 24.8 Å². The van der Waals surface area contributed by atoms with Gasteiger partial charge >= 0.3 is 0 Å². The smallest absolute Gasteiger partial charge is 0.289 e. The molecule has 162 valence electrons. The Morgan fingerprint density at radius 1 is 1.00 bits per heavy atom. The van der Waals surface area contributed by atoms with Crippen LogP contribution in [0.3, 0.4) is 0 Å². The van der Waals surface area contributed by atoms with Crippen molar-refractivity contribution in [2.24, 2.45) is 0 Å². The third-order valence-electron chi connectivity index (χ3n) is 5.31. The predicted molar refractivity (Wildman–Crippen MR) is 116 cm³/mol. The Balaban J connectivity index is 1.44. The summed E-state index contributed by atoms with van der Waals surface area (Å²) in [5, 5.41) is 11.2. The standard InChI is InChI=1S/C21H28N4O4S/c1-18-7-5-10-20(25(26)27)21(18)30(28,29)22-11-6-12-23-13-15-24(16-14-23)17-19-8-3-2-4-9-19/h2-5,7-10,22H,6,11-17H2,1H3. The van der Waals surface area contributed by atoms with Gasteiger partial charge in [0, 0.05) is 45.3 Å². The molecule has 0 spiro atoms. The van der Waals surface area contributed by atoms with Crippen molar-refractivity contribution < 1.29 is 13.3 Å². The topological polar surface area (TPSA) is 95.8 Å². The Kier molecular flexibility index (Phi) is 7.54. The maximum atomic E-state index is 12.6. The fraction of sp³-hybridized carbons (Fsp3) is 0.429. The van der Waals surface area contributed by atoms with Crippen LogP contribution in [-0.4, -0.2) is 62.4 Å². The van der Waals surface area contributed by atoms with Crippen LogP contribution in [0.25, 0.3) is 0 Å². The van der Waals surface area contributed by atoms with Crippen LogP contribution in [0.15, 0.2) is 53.4 Å². The number of hydrogen-bond acceptors (Lipinski definition) is 6. The summed E-state index contributed by atoms with van der Waals surface area (Å²) in [5.41, 5.74) is 1.29. The molecule has 9 heteroatoms. The number of nitrogens with one attached hydrogen (secondary N) is 1. The van der Waals surface area contributed by atoms with Crippen LogP contribution in [0.2, 0.25) is 0 Å². The van der Waals surface area contributed by atoms with Gasteiger partial charge in [0.15, 0.2) is 4.90 Å². The van der Waals surface area contributed by atoms with Crippen molar-refractivity contribution in [3.8, 4) is 0 Å². The average Bonchev–Trinajstić information content (AvgIpc) is 2.73. The molecule has 0 aromatic heterocycles. The maximum Gasteiger partial charge on any atom is 0.289 e. The molecule has 0 bridgehead atoms. The number of sulfonamides is 1. The number of rotatable bonds is 9. The van der Waals surface area contributed by atoms with E-state index in [1.165, 1.54) is 17.7 Å². The Labute approximate surface area is 177 Å². The predicted octanol–water partition coefficient (Wildman–Crippen LogP) is 2.39. The summed E-state index contributed by atoms with van der Waals surface area (Å²) in [6.07, 6.45) is 0.650. The lowest BCUT2D eigenvalue weighted by Gasteiger charge is -2.34. The van der Waals surface area contributed by atoms with Gasteiger partial charge in [-0.1, -0.05) is 42.5 Å². The molecule has 2 aromatic carbocycles. The van der Waals surface area contributed by atoms with E-state index in [2.05, 4.69) is 38.8 Å². The molecule has 0 amide bonds. The minimum Gasteiger partial charge on any atom is -0.301 e. The molecule has 8 nitrogen and oxygen atoms in total. The molecule has 1 aliphatic rings. The quantitative estimate of drug-likeness (QED) is 0.371. The molecular formula is C21H28N4O4S. The molecule has 2 aromatic rings. The van der Waals surface area contributed by atoms with Crippen molar-refractivity contribution in [1.82, 2.24) is 14.5 Å². The second-order valence-electron chi connectivity index (χ2n) is 7.53. The first-order valence-electron chi connectivity index (χ1n) is 10.1. The minimum atomic E-state index is -3.93. The van der Waals surface area contributed by atoms with E-state index in [4.69, 9.17) is 0 Å². The van der Waals surface area contributed by atoms with Gasteiger partial charge in [-0.15, -0.1) is 0 Å². The molecule has 0 radical (unpaired) electrons. The molecule has 0 saturated carbocycles. The summed E-state index contributed by atoms with van der Waals surface area (Å²) < 4.78 is 27.7. The number of piperazine rings is 1. The van der Waals surface area contributed by atoms with Crippen molar-refractivity contribution in [3.63, 3.8) is 0 Å². The maximum absolute atomic E-state index is 12.6. The van der Waals surface area contributed by atoms with Crippen LogP contribution < -0.4 is 4.72 Å². The first kappa shape index (κ1) is 22.4. The number of nitrogens with zero attached hydrogens (tertiary/aromatic N) is 3. The van der Waals surface area contributed by atoms with E-state index in [0.717, 1.165) is 39.3 Å². The van der Waals surface area contributed by atoms with E-state index < -0.39 is 20.6 Å². The van der Waals surface area contributed by atoms with Crippen molar-refractivity contribution in [1.29, 1.82) is 0 Å². The summed E-state index contributed by atoms with van der Waals surface area (Å²) in [6, 6.07) is 14.7. The van der Waals surface area contributed by atoms with Gasteiger partial charge in [0.2, 0.25) is 10.0 Å². The molecule has 30 heavy (non-hydrogen) atoms. The summed E-state index contributed by atoms with van der Waals surface area (Å²) >= 11 is 0. The fourth-order valence-corrected chi connectivity index (χ4v) is 5.19. The van der Waals surface area contributed by atoms with Crippen LogP contribution in [0, 0.1) is 17.0 Å². The van der Waals surface area contributed by atoms with Crippen molar-refractivity contribution in [3.05, 3.63) is 69.8 Å². The van der Waals surface area contributed by atoms with E-state index in [1.54, 1.807) is 13.0 Å². The highest BCUT2D eigenvalue weighted by atomic mass is 32.2. The highest BCUT2D eigenvalue weighted by Gasteiger charge is 2.27. The zero-order chi connectivity index (χ0) is 21.6. The monoisotopic (exact) mass is 432 g/mol. The van der Waals surface area contributed by atoms with Crippen LogP contribution in [0.5, 0.6) is 0 Å². The largest absolute Gasteiger partial charge is 0.301 e. The molecular weight excluding hydrogens is 404 g/mol. The first-order chi connectivity index (χ1) is 14.4. The Hall–Kier alpha value is -2.33. The summed E-state index contributed by atoms with van der Waals surface area (Å²) in [7, 11) is -3.93. The molecule has 1 aliphatic heterocycles. The van der Waals surface area contributed by atoms with E-state index in [0.29, 0.717) is 12.0 Å².